The van der Waals surface area contributed by atoms with E-state index in [1.165, 1.54) is 0 Å². The number of hydrogen-bond acceptors (Lipinski definition) is 4. The monoisotopic (exact) mass is 253 g/mol. The summed E-state index contributed by atoms with van der Waals surface area (Å²) in [4.78, 5) is 24.5. The van der Waals surface area contributed by atoms with Gasteiger partial charge in [-0.15, -0.1) is 0 Å². The highest BCUT2D eigenvalue weighted by molar-refractivity contribution is 5.80. The highest BCUT2D eigenvalue weighted by atomic mass is 16.4. The number of nitriles is 1. The Balaban J connectivity index is 2.50. The number of nitrogens with zero attached hydrogens (tertiary/aromatic N) is 2. The summed E-state index contributed by atoms with van der Waals surface area (Å²) in [7, 11) is 0. The number of carbonyl (C=O) groups is 2. The van der Waals surface area contributed by atoms with E-state index >= 15 is 0 Å². The lowest BCUT2D eigenvalue weighted by atomic mass is 9.91. The normalized spacial score (nSPS) is 24.2. The number of rotatable bonds is 5. The van der Waals surface area contributed by atoms with Crippen LogP contribution in [-0.2, 0) is 9.59 Å². The van der Waals surface area contributed by atoms with E-state index in [4.69, 9.17) is 5.26 Å². The van der Waals surface area contributed by atoms with E-state index in [0.717, 1.165) is 12.8 Å². The van der Waals surface area contributed by atoms with Gasteiger partial charge >= 0.3 is 5.97 Å². The molecule has 0 saturated carbocycles. The van der Waals surface area contributed by atoms with Gasteiger partial charge in [0.15, 0.2) is 0 Å². The van der Waals surface area contributed by atoms with Gasteiger partial charge in [-0.25, -0.2) is 0 Å². The Morgan fingerprint density at radius 1 is 1.56 bits per heavy atom. The van der Waals surface area contributed by atoms with E-state index in [2.05, 4.69) is 5.32 Å². The van der Waals surface area contributed by atoms with Crippen molar-refractivity contribution >= 4 is 11.9 Å². The molecule has 1 aliphatic heterocycles. The molecule has 2 atom stereocenters. The molecule has 0 spiro atoms. The number of carboxylic acid groups (broad SMARTS) is 1. The van der Waals surface area contributed by atoms with Gasteiger partial charge in [-0.3, -0.25) is 14.5 Å². The highest BCUT2D eigenvalue weighted by Crippen LogP contribution is 2.23. The average Bonchev–Trinajstić information content (AvgIpc) is 2.28. The maximum Gasteiger partial charge on any atom is 0.321 e. The Bertz CT molecular complexity index is 351. The highest BCUT2D eigenvalue weighted by Gasteiger charge is 2.34. The quantitative estimate of drug-likeness (QED) is 0.683. The molecule has 100 valence electrons. The largest absolute Gasteiger partial charge is 0.480 e. The van der Waals surface area contributed by atoms with Crippen molar-refractivity contribution in [2.75, 3.05) is 19.6 Å². The van der Waals surface area contributed by atoms with Crippen LogP contribution in [0.15, 0.2) is 0 Å². The summed E-state index contributed by atoms with van der Waals surface area (Å²) in [5.41, 5.74) is 0. The second kappa shape index (κ2) is 6.97. The fourth-order valence-electron chi connectivity index (χ4n) is 2.35. The van der Waals surface area contributed by atoms with Crippen LogP contribution in [0.3, 0.4) is 0 Å². The number of carboxylic acids is 1. The third-order valence-electron chi connectivity index (χ3n) is 3.20. The van der Waals surface area contributed by atoms with Crippen LogP contribution in [0.1, 0.15) is 26.2 Å². The maximum absolute atomic E-state index is 11.6. The van der Waals surface area contributed by atoms with Gasteiger partial charge in [-0.1, -0.05) is 6.92 Å². The topological polar surface area (TPSA) is 93.4 Å². The summed E-state index contributed by atoms with van der Waals surface area (Å²) < 4.78 is 0. The Hall–Kier alpha value is -1.61. The minimum absolute atomic E-state index is 0.0585. The number of carbonyl (C=O) groups excluding carboxylic acids is 1. The van der Waals surface area contributed by atoms with Crippen LogP contribution in [0.25, 0.3) is 0 Å². The summed E-state index contributed by atoms with van der Waals surface area (Å²) in [6.07, 6.45) is 2.06. The lowest BCUT2D eigenvalue weighted by molar-refractivity contribution is -0.147. The van der Waals surface area contributed by atoms with Crippen LogP contribution in [0, 0.1) is 17.2 Å². The molecule has 1 rings (SSSR count). The van der Waals surface area contributed by atoms with Crippen LogP contribution in [0.4, 0.5) is 0 Å². The molecule has 1 heterocycles. The minimum Gasteiger partial charge on any atom is -0.480 e. The van der Waals surface area contributed by atoms with Crippen LogP contribution in [0.5, 0.6) is 0 Å². The van der Waals surface area contributed by atoms with Crippen molar-refractivity contribution in [1.29, 1.82) is 5.26 Å². The number of amides is 1. The molecule has 0 aliphatic carbocycles. The van der Waals surface area contributed by atoms with Crippen molar-refractivity contribution in [2.24, 2.45) is 5.92 Å². The first kappa shape index (κ1) is 14.5. The maximum atomic E-state index is 11.6. The zero-order chi connectivity index (χ0) is 13.5. The van der Waals surface area contributed by atoms with E-state index in [9.17, 15) is 14.7 Å². The molecule has 0 bridgehead atoms. The predicted octanol–water partition coefficient (Wildman–Crippen LogP) is 0.201. The third kappa shape index (κ3) is 4.00. The zero-order valence-corrected chi connectivity index (χ0v) is 10.6. The van der Waals surface area contributed by atoms with Crippen LogP contribution < -0.4 is 5.32 Å². The van der Waals surface area contributed by atoms with Crippen molar-refractivity contribution in [1.82, 2.24) is 10.2 Å². The number of nitrogens with one attached hydrogen (secondary N) is 1. The summed E-state index contributed by atoms with van der Waals surface area (Å²) in [6, 6.07) is 1.36. The smallest absolute Gasteiger partial charge is 0.321 e. The van der Waals surface area contributed by atoms with Gasteiger partial charge < -0.3 is 10.4 Å². The SMILES string of the molecule is CC1CCCN(CC(=O)NCCC#N)C1C(=O)O. The van der Waals surface area contributed by atoms with Gasteiger partial charge in [0.2, 0.25) is 5.91 Å². The second-order valence-corrected chi connectivity index (χ2v) is 4.63. The fourth-order valence-corrected chi connectivity index (χ4v) is 2.35. The van der Waals surface area contributed by atoms with Crippen molar-refractivity contribution in [2.45, 2.75) is 32.2 Å². The number of aliphatic carboxylic acids is 1. The number of hydrogen-bond donors (Lipinski definition) is 2. The van der Waals surface area contributed by atoms with Gasteiger partial charge in [0.05, 0.1) is 19.0 Å². The van der Waals surface area contributed by atoms with E-state index < -0.39 is 12.0 Å². The second-order valence-electron chi connectivity index (χ2n) is 4.63. The number of piperidine rings is 1. The Morgan fingerprint density at radius 2 is 2.28 bits per heavy atom. The molecule has 1 aliphatic rings. The van der Waals surface area contributed by atoms with Gasteiger partial charge in [0.1, 0.15) is 6.04 Å². The molecule has 0 aromatic rings. The first-order valence-electron chi connectivity index (χ1n) is 6.16. The van der Waals surface area contributed by atoms with E-state index in [-0.39, 0.29) is 24.8 Å². The zero-order valence-electron chi connectivity index (χ0n) is 10.6. The Morgan fingerprint density at radius 3 is 2.89 bits per heavy atom. The molecule has 0 radical (unpaired) electrons. The number of likely N-dealkylation sites (tertiary alicyclic amines) is 1. The van der Waals surface area contributed by atoms with Crippen LogP contribution >= 0.6 is 0 Å². The lowest BCUT2D eigenvalue weighted by Crippen LogP contribution is -2.52. The molecule has 1 amide bonds. The molecule has 0 aromatic heterocycles. The molecular weight excluding hydrogens is 234 g/mol. The lowest BCUT2D eigenvalue weighted by Gasteiger charge is -2.36. The molecule has 2 N–H and O–H groups in total. The summed E-state index contributed by atoms with van der Waals surface area (Å²) in [6.45, 7) is 2.94. The Labute approximate surface area is 107 Å². The Kier molecular flexibility index (Phi) is 5.59. The van der Waals surface area contributed by atoms with Gasteiger partial charge in [0.25, 0.3) is 0 Å². The van der Waals surface area contributed by atoms with E-state index in [1.54, 1.807) is 4.90 Å². The van der Waals surface area contributed by atoms with Crippen LogP contribution in [0.2, 0.25) is 0 Å². The van der Waals surface area contributed by atoms with E-state index in [0.29, 0.717) is 13.1 Å². The van der Waals surface area contributed by atoms with Crippen molar-refractivity contribution in [3.8, 4) is 6.07 Å². The molecule has 6 heteroatoms. The minimum atomic E-state index is -0.868. The van der Waals surface area contributed by atoms with Crippen molar-refractivity contribution in [3.63, 3.8) is 0 Å². The van der Waals surface area contributed by atoms with Crippen molar-refractivity contribution in [3.05, 3.63) is 0 Å². The third-order valence-corrected chi connectivity index (χ3v) is 3.20. The average molecular weight is 253 g/mol. The van der Waals surface area contributed by atoms with E-state index in [1.807, 2.05) is 13.0 Å². The summed E-state index contributed by atoms with van der Waals surface area (Å²) >= 11 is 0. The molecule has 6 nitrogen and oxygen atoms in total. The van der Waals surface area contributed by atoms with Crippen molar-refractivity contribution < 1.29 is 14.7 Å². The first-order valence-corrected chi connectivity index (χ1v) is 6.16. The van der Waals surface area contributed by atoms with Crippen LogP contribution in [-0.4, -0.2) is 47.6 Å². The van der Waals surface area contributed by atoms with Gasteiger partial charge in [-0.05, 0) is 25.3 Å². The predicted molar refractivity (Wildman–Crippen MR) is 64.6 cm³/mol. The molecule has 2 unspecified atom stereocenters. The fraction of sp³-hybridized carbons (Fsp3) is 0.750. The summed E-state index contributed by atoms with van der Waals surface area (Å²) in [5, 5.41) is 20.2. The molecule has 18 heavy (non-hydrogen) atoms. The summed E-state index contributed by atoms with van der Waals surface area (Å²) in [5.74, 6) is -1.03. The molecule has 1 saturated heterocycles. The molecule has 0 aromatic carbocycles. The van der Waals surface area contributed by atoms with Gasteiger partial charge in [0, 0.05) is 6.54 Å². The molecular formula is C12H19N3O3. The molecule has 1 fully saturated rings. The first-order chi connectivity index (χ1) is 8.56. The standard InChI is InChI=1S/C12H19N3O3/c1-9-4-2-7-15(11(9)12(17)18)8-10(16)14-6-3-5-13/h9,11H,2-4,6-8H2,1H3,(H,14,16)(H,17,18). The van der Waals surface area contributed by atoms with Gasteiger partial charge in [-0.2, -0.15) is 5.26 Å².